The summed E-state index contributed by atoms with van der Waals surface area (Å²) in [7, 11) is 0. The van der Waals surface area contributed by atoms with Gasteiger partial charge in [-0.15, -0.1) is 0 Å². The van der Waals surface area contributed by atoms with Crippen molar-refractivity contribution >= 4 is 17.1 Å². The van der Waals surface area contributed by atoms with Crippen LogP contribution in [0.3, 0.4) is 0 Å². The predicted octanol–water partition coefficient (Wildman–Crippen LogP) is 2.63. The summed E-state index contributed by atoms with van der Waals surface area (Å²) in [5, 5.41) is 22.0. The Hall–Kier alpha value is -3.48. The van der Waals surface area contributed by atoms with Crippen LogP contribution < -0.4 is 10.9 Å². The fourth-order valence-electron chi connectivity index (χ4n) is 2.34. The van der Waals surface area contributed by atoms with E-state index in [0.29, 0.717) is 10.9 Å². The molecule has 1 heterocycles. The Morgan fingerprint density at radius 2 is 1.80 bits per heavy atom. The second-order valence-corrected chi connectivity index (χ2v) is 5.34. The first-order valence-corrected chi connectivity index (χ1v) is 7.46. The van der Waals surface area contributed by atoms with Crippen molar-refractivity contribution in [1.29, 1.82) is 0 Å². The zero-order valence-electron chi connectivity index (χ0n) is 13.1. The normalized spacial score (nSPS) is 10.6. The van der Waals surface area contributed by atoms with Gasteiger partial charge in [0.2, 0.25) is 0 Å². The van der Waals surface area contributed by atoms with Gasteiger partial charge in [-0.1, -0.05) is 30.3 Å². The number of benzene rings is 2. The molecule has 7 nitrogen and oxygen atoms in total. The molecule has 3 aromatic rings. The molecule has 0 unspecified atom stereocenters. The van der Waals surface area contributed by atoms with E-state index in [1.807, 2.05) is 30.3 Å². The van der Waals surface area contributed by atoms with E-state index in [1.54, 1.807) is 0 Å². The lowest BCUT2D eigenvalue weighted by atomic mass is 10.1. The van der Waals surface area contributed by atoms with Crippen molar-refractivity contribution in [2.75, 3.05) is 0 Å². The largest absolute Gasteiger partial charge is 0.504 e. The molecular formula is C18H15NO6. The minimum Gasteiger partial charge on any atom is -0.504 e. The molecule has 0 bridgehead atoms. The number of hydrogen-bond donors (Lipinski definition) is 3. The lowest BCUT2D eigenvalue weighted by Gasteiger charge is -2.09. The third-order valence-corrected chi connectivity index (χ3v) is 3.56. The molecule has 7 heteroatoms. The van der Waals surface area contributed by atoms with Crippen molar-refractivity contribution in [2.24, 2.45) is 0 Å². The third kappa shape index (κ3) is 3.89. The van der Waals surface area contributed by atoms with Crippen LogP contribution in [0.5, 0.6) is 11.5 Å². The smallest absolute Gasteiger partial charge is 0.407 e. The van der Waals surface area contributed by atoms with E-state index in [2.05, 4.69) is 5.32 Å². The standard InChI is InChI=1S/C18H15NO6/c20-14-7-13-12(6-17(22)25-16(13)8-15(14)21)9-19-18(23)24-10-11-4-2-1-3-5-11/h1-8,20-21H,9-10H2,(H,19,23). The number of fused-ring (bicyclic) bond motifs is 1. The monoisotopic (exact) mass is 341 g/mol. The highest BCUT2D eigenvalue weighted by Crippen LogP contribution is 2.31. The van der Waals surface area contributed by atoms with Crippen LogP contribution in [0.25, 0.3) is 11.0 Å². The number of rotatable bonds is 4. The van der Waals surface area contributed by atoms with Crippen LogP contribution in [0, 0.1) is 0 Å². The first-order valence-electron chi connectivity index (χ1n) is 7.46. The molecule has 25 heavy (non-hydrogen) atoms. The molecule has 0 spiro atoms. The van der Waals surface area contributed by atoms with Gasteiger partial charge < -0.3 is 24.7 Å². The molecule has 0 aliphatic rings. The maximum absolute atomic E-state index is 11.8. The van der Waals surface area contributed by atoms with E-state index in [4.69, 9.17) is 9.15 Å². The second-order valence-electron chi connectivity index (χ2n) is 5.34. The third-order valence-electron chi connectivity index (χ3n) is 3.56. The van der Waals surface area contributed by atoms with Gasteiger partial charge in [0.15, 0.2) is 11.5 Å². The van der Waals surface area contributed by atoms with Crippen LogP contribution in [-0.4, -0.2) is 16.3 Å². The molecule has 128 valence electrons. The van der Waals surface area contributed by atoms with Crippen molar-refractivity contribution in [3.63, 3.8) is 0 Å². The zero-order valence-corrected chi connectivity index (χ0v) is 13.1. The fourth-order valence-corrected chi connectivity index (χ4v) is 2.34. The number of phenolic OH excluding ortho intramolecular Hbond substituents is 2. The number of phenols is 2. The van der Waals surface area contributed by atoms with Gasteiger partial charge in [-0.05, 0) is 17.2 Å². The average molecular weight is 341 g/mol. The van der Waals surface area contributed by atoms with E-state index >= 15 is 0 Å². The predicted molar refractivity (Wildman–Crippen MR) is 89.3 cm³/mol. The first kappa shape index (κ1) is 16.4. The van der Waals surface area contributed by atoms with Crippen molar-refractivity contribution < 1.29 is 24.2 Å². The molecule has 0 saturated heterocycles. The van der Waals surface area contributed by atoms with E-state index in [1.165, 1.54) is 12.1 Å². The molecule has 3 N–H and O–H groups in total. The number of amides is 1. The van der Waals surface area contributed by atoms with Gasteiger partial charge in [-0.2, -0.15) is 0 Å². The summed E-state index contributed by atoms with van der Waals surface area (Å²) in [6.07, 6.45) is -0.645. The SMILES string of the molecule is O=C(NCc1cc(=O)oc2cc(O)c(O)cc12)OCc1ccccc1. The quantitative estimate of drug-likeness (QED) is 0.497. The minimum atomic E-state index is -0.645. The van der Waals surface area contributed by atoms with Crippen molar-refractivity contribution in [3.8, 4) is 11.5 Å². The summed E-state index contributed by atoms with van der Waals surface area (Å²) in [5.41, 5.74) is 0.756. The number of alkyl carbamates (subject to hydrolysis) is 1. The number of ether oxygens (including phenoxy) is 1. The summed E-state index contributed by atoms with van der Waals surface area (Å²) < 4.78 is 10.1. The Morgan fingerprint density at radius 3 is 2.56 bits per heavy atom. The van der Waals surface area contributed by atoms with Gasteiger partial charge in [0.05, 0.1) is 0 Å². The second kappa shape index (κ2) is 6.96. The molecule has 0 aliphatic carbocycles. The van der Waals surface area contributed by atoms with Crippen LogP contribution in [-0.2, 0) is 17.9 Å². The number of hydrogen-bond acceptors (Lipinski definition) is 6. The highest BCUT2D eigenvalue weighted by molar-refractivity contribution is 5.84. The van der Waals surface area contributed by atoms with E-state index in [-0.39, 0.29) is 24.5 Å². The summed E-state index contributed by atoms with van der Waals surface area (Å²) in [6.45, 7) is 0.124. The van der Waals surface area contributed by atoms with E-state index in [9.17, 15) is 19.8 Å². The van der Waals surface area contributed by atoms with Gasteiger partial charge >= 0.3 is 11.7 Å². The molecular weight excluding hydrogens is 326 g/mol. The van der Waals surface area contributed by atoms with Gasteiger partial charge in [0.1, 0.15) is 12.2 Å². The number of carbonyl (C=O) groups is 1. The Kier molecular flexibility index (Phi) is 4.56. The fraction of sp³-hybridized carbons (Fsp3) is 0.111. The van der Waals surface area contributed by atoms with Crippen LogP contribution in [0.4, 0.5) is 4.79 Å². The lowest BCUT2D eigenvalue weighted by molar-refractivity contribution is 0.139. The van der Waals surface area contributed by atoms with E-state index in [0.717, 1.165) is 11.6 Å². The highest BCUT2D eigenvalue weighted by Gasteiger charge is 2.11. The van der Waals surface area contributed by atoms with E-state index < -0.39 is 17.5 Å². The van der Waals surface area contributed by atoms with Crippen LogP contribution in [0.15, 0.2) is 57.7 Å². The van der Waals surface area contributed by atoms with Gasteiger partial charge in [0.25, 0.3) is 0 Å². The van der Waals surface area contributed by atoms with Crippen LogP contribution >= 0.6 is 0 Å². The topological polar surface area (TPSA) is 109 Å². The molecule has 2 aromatic carbocycles. The lowest BCUT2D eigenvalue weighted by Crippen LogP contribution is -2.24. The minimum absolute atomic E-state index is 0.0000613. The molecule has 0 fully saturated rings. The molecule has 1 amide bonds. The molecule has 0 radical (unpaired) electrons. The summed E-state index contributed by atoms with van der Waals surface area (Å²) >= 11 is 0. The molecule has 0 atom stereocenters. The summed E-state index contributed by atoms with van der Waals surface area (Å²) in [4.78, 5) is 23.4. The zero-order chi connectivity index (χ0) is 17.8. The summed E-state index contributed by atoms with van der Waals surface area (Å²) in [6, 6.07) is 12.8. The number of nitrogens with one attached hydrogen (secondary N) is 1. The number of aromatic hydroxyl groups is 2. The first-order chi connectivity index (χ1) is 12.0. The Balaban J connectivity index is 1.71. The van der Waals surface area contributed by atoms with Crippen LogP contribution in [0.2, 0.25) is 0 Å². The summed E-state index contributed by atoms with van der Waals surface area (Å²) in [5.74, 6) is -0.753. The molecule has 3 rings (SSSR count). The molecule has 0 saturated carbocycles. The molecule has 0 aliphatic heterocycles. The average Bonchev–Trinajstić information content (AvgIpc) is 2.60. The number of carbonyl (C=O) groups excluding carboxylic acids is 1. The van der Waals surface area contributed by atoms with Crippen LogP contribution in [0.1, 0.15) is 11.1 Å². The van der Waals surface area contributed by atoms with Gasteiger partial charge in [-0.3, -0.25) is 0 Å². The maximum atomic E-state index is 11.8. The maximum Gasteiger partial charge on any atom is 0.407 e. The Labute approximate surface area is 142 Å². The Morgan fingerprint density at radius 1 is 1.08 bits per heavy atom. The Bertz CT molecular complexity index is 964. The van der Waals surface area contributed by atoms with Gasteiger partial charge in [-0.25, -0.2) is 9.59 Å². The van der Waals surface area contributed by atoms with Crippen molar-refractivity contribution in [3.05, 3.63) is 70.1 Å². The van der Waals surface area contributed by atoms with Crippen molar-refractivity contribution in [2.45, 2.75) is 13.2 Å². The van der Waals surface area contributed by atoms with Gasteiger partial charge in [0, 0.05) is 24.1 Å². The van der Waals surface area contributed by atoms with Crippen molar-refractivity contribution in [1.82, 2.24) is 5.32 Å². The highest BCUT2D eigenvalue weighted by atomic mass is 16.5. The molecule has 1 aromatic heterocycles.